The fourth-order valence-electron chi connectivity index (χ4n) is 2.96. The summed E-state index contributed by atoms with van der Waals surface area (Å²) in [6.45, 7) is 7.70. The standard InChI is InChI=1S/C14H23N3O3/c1-3-12-15-13(20-16-12)10(2)17-6-4-11(5-7-17)14-18-8-9-19-14/h10-11,14H,3-9H2,1-2H3. The Bertz CT molecular complexity index is 423. The molecule has 1 aromatic heterocycles. The van der Waals surface area contributed by atoms with E-state index < -0.39 is 0 Å². The molecule has 2 aliphatic rings. The molecule has 2 saturated heterocycles. The zero-order valence-electron chi connectivity index (χ0n) is 12.2. The molecule has 6 nitrogen and oxygen atoms in total. The summed E-state index contributed by atoms with van der Waals surface area (Å²) in [7, 11) is 0. The van der Waals surface area contributed by atoms with Crippen LogP contribution in [0.2, 0.25) is 0 Å². The molecule has 1 aromatic rings. The molecule has 112 valence electrons. The highest BCUT2D eigenvalue weighted by Gasteiger charge is 2.33. The summed E-state index contributed by atoms with van der Waals surface area (Å²) < 4.78 is 16.6. The maximum atomic E-state index is 5.61. The molecule has 0 spiro atoms. The smallest absolute Gasteiger partial charge is 0.243 e. The first kappa shape index (κ1) is 14.0. The van der Waals surface area contributed by atoms with Gasteiger partial charge in [-0.15, -0.1) is 0 Å². The van der Waals surface area contributed by atoms with Gasteiger partial charge in [-0.05, 0) is 32.9 Å². The summed E-state index contributed by atoms with van der Waals surface area (Å²) in [6, 6.07) is 0.189. The Morgan fingerprint density at radius 2 is 1.95 bits per heavy atom. The van der Waals surface area contributed by atoms with Crippen LogP contribution in [-0.4, -0.2) is 47.6 Å². The Morgan fingerprint density at radius 1 is 1.25 bits per heavy atom. The van der Waals surface area contributed by atoms with Crippen molar-refractivity contribution in [2.45, 2.75) is 45.4 Å². The van der Waals surface area contributed by atoms with Gasteiger partial charge >= 0.3 is 0 Å². The topological polar surface area (TPSA) is 60.6 Å². The third-order valence-corrected chi connectivity index (χ3v) is 4.31. The van der Waals surface area contributed by atoms with Crippen molar-refractivity contribution >= 4 is 0 Å². The molecule has 0 aliphatic carbocycles. The number of rotatable bonds is 4. The molecule has 1 atom stereocenters. The van der Waals surface area contributed by atoms with E-state index in [1.165, 1.54) is 0 Å². The summed E-state index contributed by atoms with van der Waals surface area (Å²) >= 11 is 0. The second kappa shape index (κ2) is 6.20. The van der Waals surface area contributed by atoms with Gasteiger partial charge < -0.3 is 14.0 Å². The van der Waals surface area contributed by atoms with Crippen molar-refractivity contribution in [3.05, 3.63) is 11.7 Å². The molecule has 20 heavy (non-hydrogen) atoms. The summed E-state index contributed by atoms with van der Waals surface area (Å²) in [5, 5.41) is 3.98. The Labute approximate surface area is 119 Å². The Balaban J connectivity index is 1.54. The van der Waals surface area contributed by atoms with E-state index in [0.717, 1.165) is 57.3 Å². The van der Waals surface area contributed by atoms with Crippen molar-refractivity contribution in [1.82, 2.24) is 15.0 Å². The van der Waals surface area contributed by atoms with E-state index in [1.807, 2.05) is 6.92 Å². The number of likely N-dealkylation sites (tertiary alicyclic amines) is 1. The molecule has 6 heteroatoms. The van der Waals surface area contributed by atoms with E-state index in [-0.39, 0.29) is 12.3 Å². The highest BCUT2D eigenvalue weighted by molar-refractivity contribution is 4.93. The van der Waals surface area contributed by atoms with Gasteiger partial charge in [-0.25, -0.2) is 0 Å². The molecule has 0 radical (unpaired) electrons. The summed E-state index contributed by atoms with van der Waals surface area (Å²) in [4.78, 5) is 6.83. The zero-order chi connectivity index (χ0) is 13.9. The van der Waals surface area contributed by atoms with Gasteiger partial charge in [-0.2, -0.15) is 4.98 Å². The van der Waals surface area contributed by atoms with Gasteiger partial charge in [-0.1, -0.05) is 12.1 Å². The minimum atomic E-state index is 0.0163. The van der Waals surface area contributed by atoms with Gasteiger partial charge in [0, 0.05) is 12.3 Å². The minimum absolute atomic E-state index is 0.0163. The first-order chi connectivity index (χ1) is 9.78. The number of hydrogen-bond donors (Lipinski definition) is 0. The first-order valence-corrected chi connectivity index (χ1v) is 7.57. The summed E-state index contributed by atoms with van der Waals surface area (Å²) in [5.74, 6) is 2.04. The summed E-state index contributed by atoms with van der Waals surface area (Å²) in [5.41, 5.74) is 0. The van der Waals surface area contributed by atoms with Crippen molar-refractivity contribution in [2.75, 3.05) is 26.3 Å². The normalized spacial score (nSPS) is 24.3. The van der Waals surface area contributed by atoms with E-state index >= 15 is 0 Å². The van der Waals surface area contributed by atoms with Crippen molar-refractivity contribution in [2.24, 2.45) is 5.92 Å². The molecule has 0 amide bonds. The molecule has 0 N–H and O–H groups in total. The molecule has 2 aliphatic heterocycles. The predicted molar refractivity (Wildman–Crippen MR) is 72.1 cm³/mol. The maximum absolute atomic E-state index is 5.61. The number of ether oxygens (including phenoxy) is 2. The molecule has 0 bridgehead atoms. The van der Waals surface area contributed by atoms with Crippen LogP contribution in [0.1, 0.15) is 44.4 Å². The Morgan fingerprint density at radius 3 is 2.55 bits per heavy atom. The van der Waals surface area contributed by atoms with Crippen molar-refractivity contribution < 1.29 is 14.0 Å². The second-order valence-corrected chi connectivity index (χ2v) is 5.56. The number of nitrogens with zero attached hydrogens (tertiary/aromatic N) is 3. The van der Waals surface area contributed by atoms with Crippen LogP contribution in [0, 0.1) is 5.92 Å². The lowest BCUT2D eigenvalue weighted by Gasteiger charge is -2.35. The van der Waals surface area contributed by atoms with Crippen LogP contribution >= 0.6 is 0 Å². The minimum Gasteiger partial charge on any atom is -0.350 e. The van der Waals surface area contributed by atoms with E-state index in [0.29, 0.717) is 5.92 Å². The lowest BCUT2D eigenvalue weighted by molar-refractivity contribution is -0.0997. The van der Waals surface area contributed by atoms with Crippen LogP contribution in [0.4, 0.5) is 0 Å². The van der Waals surface area contributed by atoms with Gasteiger partial charge in [-0.3, -0.25) is 4.90 Å². The molecule has 0 saturated carbocycles. The van der Waals surface area contributed by atoms with E-state index in [1.54, 1.807) is 0 Å². The Hall–Kier alpha value is -0.980. The molecular formula is C14H23N3O3. The lowest BCUT2D eigenvalue weighted by Crippen LogP contribution is -2.39. The summed E-state index contributed by atoms with van der Waals surface area (Å²) in [6.07, 6.45) is 3.03. The van der Waals surface area contributed by atoms with Gasteiger partial charge in [0.1, 0.15) is 0 Å². The largest absolute Gasteiger partial charge is 0.350 e. The molecule has 1 unspecified atom stereocenters. The number of piperidine rings is 1. The number of aromatic nitrogens is 2. The molecule has 3 rings (SSSR count). The second-order valence-electron chi connectivity index (χ2n) is 5.56. The monoisotopic (exact) mass is 281 g/mol. The van der Waals surface area contributed by atoms with Crippen LogP contribution in [0.15, 0.2) is 4.52 Å². The quantitative estimate of drug-likeness (QED) is 0.838. The maximum Gasteiger partial charge on any atom is 0.243 e. The van der Waals surface area contributed by atoms with E-state index in [9.17, 15) is 0 Å². The van der Waals surface area contributed by atoms with Crippen LogP contribution in [0.3, 0.4) is 0 Å². The van der Waals surface area contributed by atoms with E-state index in [2.05, 4.69) is 22.0 Å². The van der Waals surface area contributed by atoms with Crippen LogP contribution < -0.4 is 0 Å². The zero-order valence-corrected chi connectivity index (χ0v) is 12.2. The third-order valence-electron chi connectivity index (χ3n) is 4.31. The van der Waals surface area contributed by atoms with Gasteiger partial charge in [0.15, 0.2) is 12.1 Å². The number of aryl methyl sites for hydroxylation is 1. The van der Waals surface area contributed by atoms with Crippen LogP contribution in [0.5, 0.6) is 0 Å². The van der Waals surface area contributed by atoms with E-state index in [4.69, 9.17) is 14.0 Å². The highest BCUT2D eigenvalue weighted by atomic mass is 16.7. The molecule has 3 heterocycles. The highest BCUT2D eigenvalue weighted by Crippen LogP contribution is 2.29. The van der Waals surface area contributed by atoms with Gasteiger partial charge in [0.2, 0.25) is 5.89 Å². The predicted octanol–water partition coefficient (Wildman–Crippen LogP) is 1.78. The van der Waals surface area contributed by atoms with Crippen molar-refractivity contribution in [3.63, 3.8) is 0 Å². The average Bonchev–Trinajstić information content (AvgIpc) is 3.18. The Kier molecular flexibility index (Phi) is 4.33. The fourth-order valence-corrected chi connectivity index (χ4v) is 2.96. The van der Waals surface area contributed by atoms with Crippen LogP contribution in [0.25, 0.3) is 0 Å². The van der Waals surface area contributed by atoms with Crippen molar-refractivity contribution in [1.29, 1.82) is 0 Å². The van der Waals surface area contributed by atoms with Gasteiger partial charge in [0.05, 0.1) is 19.3 Å². The molecule has 2 fully saturated rings. The van der Waals surface area contributed by atoms with Gasteiger partial charge in [0.25, 0.3) is 0 Å². The van der Waals surface area contributed by atoms with Crippen molar-refractivity contribution in [3.8, 4) is 0 Å². The SMILES string of the molecule is CCc1noc(C(C)N2CCC(C3OCCO3)CC2)n1. The molecule has 0 aromatic carbocycles. The fraction of sp³-hybridized carbons (Fsp3) is 0.857. The third kappa shape index (κ3) is 2.87. The number of hydrogen-bond acceptors (Lipinski definition) is 6. The average molecular weight is 281 g/mol. The van der Waals surface area contributed by atoms with Crippen LogP contribution in [-0.2, 0) is 15.9 Å². The first-order valence-electron chi connectivity index (χ1n) is 7.57. The lowest BCUT2D eigenvalue weighted by atomic mass is 9.95. The molecular weight excluding hydrogens is 258 g/mol.